The number of nitro groups is 1. The number of fused-ring (bicyclic) bond motifs is 1. The summed E-state index contributed by atoms with van der Waals surface area (Å²) < 4.78 is 5.38. The lowest BCUT2D eigenvalue weighted by atomic mass is 10.1. The lowest BCUT2D eigenvalue weighted by molar-refractivity contribution is -0.384. The zero-order chi connectivity index (χ0) is 10.8. The van der Waals surface area contributed by atoms with Crippen molar-refractivity contribution in [3.05, 3.63) is 45.2 Å². The van der Waals surface area contributed by atoms with Crippen molar-refractivity contribution in [2.75, 3.05) is 6.61 Å². The molecule has 0 radical (unpaired) electrons. The fraction of sp³-hybridized carbons (Fsp3) is 0.273. The first kappa shape index (κ1) is 9.71. The van der Waals surface area contributed by atoms with Crippen LogP contribution in [0.25, 0.3) is 6.08 Å². The zero-order valence-electron chi connectivity index (χ0n) is 8.40. The van der Waals surface area contributed by atoms with Crippen LogP contribution in [0.4, 0.5) is 5.69 Å². The summed E-state index contributed by atoms with van der Waals surface area (Å²) in [6, 6.07) is 4.89. The molecule has 1 aliphatic carbocycles. The van der Waals surface area contributed by atoms with Crippen molar-refractivity contribution >= 4 is 11.8 Å². The number of hydrogen-bond acceptors (Lipinski definition) is 3. The number of hydrogen-bond donors (Lipinski definition) is 0. The highest BCUT2D eigenvalue weighted by molar-refractivity contribution is 5.64. The zero-order valence-corrected chi connectivity index (χ0v) is 8.40. The van der Waals surface area contributed by atoms with Crippen LogP contribution in [0.5, 0.6) is 0 Å². The van der Waals surface area contributed by atoms with Gasteiger partial charge in [-0.05, 0) is 30.2 Å². The first-order valence-corrected chi connectivity index (χ1v) is 4.81. The lowest BCUT2D eigenvalue weighted by Crippen LogP contribution is -1.93. The van der Waals surface area contributed by atoms with E-state index < -0.39 is 0 Å². The fourth-order valence-corrected chi connectivity index (χ4v) is 1.69. The highest BCUT2D eigenvalue weighted by Gasteiger charge is 2.16. The third-order valence-electron chi connectivity index (χ3n) is 2.35. The standard InChI is InChI=1S/C11H11NO3/c1-2-15-11-6-8-3-4-10(12(13)14)5-9(8)7-11/h3-6H,2,7H2,1H3. The highest BCUT2D eigenvalue weighted by Crippen LogP contribution is 2.28. The quantitative estimate of drug-likeness (QED) is 0.562. The van der Waals surface area contributed by atoms with Crippen molar-refractivity contribution in [1.29, 1.82) is 0 Å². The minimum atomic E-state index is -0.376. The van der Waals surface area contributed by atoms with Crippen LogP contribution in [0.15, 0.2) is 24.0 Å². The summed E-state index contributed by atoms with van der Waals surface area (Å²) in [7, 11) is 0. The Kier molecular flexibility index (Phi) is 2.41. The second kappa shape index (κ2) is 3.73. The first-order valence-electron chi connectivity index (χ1n) is 4.81. The summed E-state index contributed by atoms with van der Waals surface area (Å²) in [4.78, 5) is 10.2. The molecule has 0 aromatic heterocycles. The van der Waals surface area contributed by atoms with E-state index in [1.807, 2.05) is 13.0 Å². The summed E-state index contributed by atoms with van der Waals surface area (Å²) in [5.41, 5.74) is 2.12. The molecule has 0 N–H and O–H groups in total. The summed E-state index contributed by atoms with van der Waals surface area (Å²) in [5.74, 6) is 0.882. The van der Waals surface area contributed by atoms with Crippen molar-refractivity contribution < 1.29 is 9.66 Å². The minimum absolute atomic E-state index is 0.139. The van der Waals surface area contributed by atoms with Crippen molar-refractivity contribution in [3.8, 4) is 0 Å². The normalized spacial score (nSPS) is 13.3. The number of allylic oxidation sites excluding steroid dienone is 1. The maximum Gasteiger partial charge on any atom is 0.269 e. The van der Waals surface area contributed by atoms with E-state index >= 15 is 0 Å². The molecule has 0 aliphatic heterocycles. The number of benzene rings is 1. The molecule has 2 rings (SSSR count). The molecule has 0 saturated carbocycles. The average molecular weight is 205 g/mol. The van der Waals surface area contributed by atoms with Crippen LogP contribution in [0.1, 0.15) is 18.1 Å². The molecule has 4 nitrogen and oxygen atoms in total. The van der Waals surface area contributed by atoms with Crippen LogP contribution < -0.4 is 0 Å². The van der Waals surface area contributed by atoms with Gasteiger partial charge in [0.15, 0.2) is 0 Å². The molecular formula is C11H11NO3. The third-order valence-corrected chi connectivity index (χ3v) is 2.35. The van der Waals surface area contributed by atoms with Crippen molar-refractivity contribution in [1.82, 2.24) is 0 Å². The molecule has 0 unspecified atom stereocenters. The Bertz CT molecular complexity index is 437. The van der Waals surface area contributed by atoms with Gasteiger partial charge in [0.2, 0.25) is 0 Å². The summed E-state index contributed by atoms with van der Waals surface area (Å²) in [6.07, 6.45) is 2.59. The minimum Gasteiger partial charge on any atom is -0.498 e. The summed E-state index contributed by atoms with van der Waals surface area (Å²) in [6.45, 7) is 2.55. The predicted molar refractivity (Wildman–Crippen MR) is 56.4 cm³/mol. The largest absolute Gasteiger partial charge is 0.498 e. The molecular weight excluding hydrogens is 194 g/mol. The molecule has 0 bridgehead atoms. The van der Waals surface area contributed by atoms with Crippen molar-refractivity contribution in [2.45, 2.75) is 13.3 Å². The maximum atomic E-state index is 10.6. The Balaban J connectivity index is 2.26. The van der Waals surface area contributed by atoms with Gasteiger partial charge < -0.3 is 4.74 Å². The van der Waals surface area contributed by atoms with Gasteiger partial charge in [-0.1, -0.05) is 0 Å². The number of rotatable bonds is 3. The van der Waals surface area contributed by atoms with Crippen molar-refractivity contribution in [2.24, 2.45) is 0 Å². The molecule has 15 heavy (non-hydrogen) atoms. The van der Waals surface area contributed by atoms with Gasteiger partial charge in [0, 0.05) is 18.6 Å². The van der Waals surface area contributed by atoms with E-state index in [0.717, 1.165) is 16.9 Å². The second-order valence-electron chi connectivity index (χ2n) is 3.36. The summed E-state index contributed by atoms with van der Waals surface area (Å²) >= 11 is 0. The van der Waals surface area contributed by atoms with Gasteiger partial charge in [-0.15, -0.1) is 0 Å². The average Bonchev–Trinajstić information content (AvgIpc) is 2.59. The van der Waals surface area contributed by atoms with Crippen LogP contribution in [0.3, 0.4) is 0 Å². The molecule has 1 aromatic carbocycles. The van der Waals surface area contributed by atoms with E-state index in [1.54, 1.807) is 12.1 Å². The Morgan fingerprint density at radius 1 is 1.53 bits per heavy atom. The van der Waals surface area contributed by atoms with Crippen LogP contribution >= 0.6 is 0 Å². The van der Waals surface area contributed by atoms with Gasteiger partial charge in [0.1, 0.15) is 5.76 Å². The number of nitro benzene ring substituents is 1. The molecule has 78 valence electrons. The molecule has 4 heteroatoms. The Morgan fingerprint density at radius 3 is 3.00 bits per heavy atom. The van der Waals surface area contributed by atoms with E-state index in [4.69, 9.17) is 4.74 Å². The molecule has 0 atom stereocenters. The SMILES string of the molecule is CCOC1=Cc2ccc([N+](=O)[O-])cc2C1. The molecule has 1 aromatic rings. The molecule has 0 spiro atoms. The van der Waals surface area contributed by atoms with Crippen LogP contribution in [0, 0.1) is 10.1 Å². The maximum absolute atomic E-state index is 10.6. The van der Waals surface area contributed by atoms with Crippen molar-refractivity contribution in [3.63, 3.8) is 0 Å². The molecule has 0 fully saturated rings. The van der Waals surface area contributed by atoms with Crippen LogP contribution in [0.2, 0.25) is 0 Å². The van der Waals surface area contributed by atoms with Crippen LogP contribution in [-0.2, 0) is 11.2 Å². The monoisotopic (exact) mass is 205 g/mol. The highest BCUT2D eigenvalue weighted by atomic mass is 16.6. The number of nitrogens with zero attached hydrogens (tertiary/aromatic N) is 1. The summed E-state index contributed by atoms with van der Waals surface area (Å²) in [5, 5.41) is 10.6. The van der Waals surface area contributed by atoms with E-state index in [-0.39, 0.29) is 10.6 Å². The van der Waals surface area contributed by atoms with Gasteiger partial charge >= 0.3 is 0 Å². The fourth-order valence-electron chi connectivity index (χ4n) is 1.69. The molecule has 0 heterocycles. The van der Waals surface area contributed by atoms with E-state index in [9.17, 15) is 10.1 Å². The Hall–Kier alpha value is -1.84. The number of non-ortho nitro benzene ring substituents is 1. The van der Waals surface area contributed by atoms with Gasteiger partial charge in [-0.3, -0.25) is 10.1 Å². The lowest BCUT2D eigenvalue weighted by Gasteiger charge is -2.01. The van der Waals surface area contributed by atoms with Crippen LogP contribution in [-0.4, -0.2) is 11.5 Å². The van der Waals surface area contributed by atoms with Gasteiger partial charge in [-0.25, -0.2) is 0 Å². The van der Waals surface area contributed by atoms with E-state index in [2.05, 4.69) is 0 Å². The van der Waals surface area contributed by atoms with E-state index in [1.165, 1.54) is 6.07 Å². The van der Waals surface area contributed by atoms with Gasteiger partial charge in [0.25, 0.3) is 5.69 Å². The molecule has 0 amide bonds. The Morgan fingerprint density at radius 2 is 2.33 bits per heavy atom. The predicted octanol–water partition coefficient (Wildman–Crippen LogP) is 2.53. The van der Waals surface area contributed by atoms with Gasteiger partial charge in [0.05, 0.1) is 11.5 Å². The second-order valence-corrected chi connectivity index (χ2v) is 3.36. The topological polar surface area (TPSA) is 52.4 Å². The van der Waals surface area contributed by atoms with E-state index in [0.29, 0.717) is 13.0 Å². The first-order chi connectivity index (χ1) is 7.20. The third kappa shape index (κ3) is 1.83. The number of ether oxygens (including phenoxy) is 1. The molecule has 0 saturated heterocycles. The Labute approximate surface area is 87.3 Å². The van der Waals surface area contributed by atoms with Gasteiger partial charge in [-0.2, -0.15) is 0 Å². The smallest absolute Gasteiger partial charge is 0.269 e. The molecule has 1 aliphatic rings.